The molecular formula is C20H18ClNO3S2. The van der Waals surface area contributed by atoms with E-state index in [9.17, 15) is 4.79 Å². The Balaban J connectivity index is 1.96. The van der Waals surface area contributed by atoms with Crippen LogP contribution in [-0.2, 0) is 4.79 Å². The van der Waals surface area contributed by atoms with Crippen LogP contribution in [0, 0.1) is 6.92 Å². The predicted octanol–water partition coefficient (Wildman–Crippen LogP) is 5.46. The molecule has 0 bridgehead atoms. The Morgan fingerprint density at radius 1 is 1.26 bits per heavy atom. The van der Waals surface area contributed by atoms with Crippen LogP contribution >= 0.6 is 35.6 Å². The van der Waals surface area contributed by atoms with Crippen molar-refractivity contribution in [2.45, 2.75) is 13.8 Å². The van der Waals surface area contributed by atoms with Crippen molar-refractivity contribution in [3.05, 3.63) is 57.5 Å². The van der Waals surface area contributed by atoms with Gasteiger partial charge < -0.3 is 9.47 Å². The fourth-order valence-electron chi connectivity index (χ4n) is 2.69. The fourth-order valence-corrected chi connectivity index (χ4v) is 4.19. The Labute approximate surface area is 173 Å². The maximum Gasteiger partial charge on any atom is 0.270 e. The number of halogens is 1. The third-order valence-corrected chi connectivity index (χ3v) is 5.55. The van der Waals surface area contributed by atoms with Crippen LogP contribution in [0.25, 0.3) is 6.08 Å². The molecule has 4 nitrogen and oxygen atoms in total. The summed E-state index contributed by atoms with van der Waals surface area (Å²) in [7, 11) is 1.56. The van der Waals surface area contributed by atoms with Crippen molar-refractivity contribution in [3.63, 3.8) is 0 Å². The molecule has 0 radical (unpaired) electrons. The number of thioether (sulfide) groups is 1. The average molecular weight is 420 g/mol. The first-order valence-corrected chi connectivity index (χ1v) is 9.89. The first kappa shape index (κ1) is 19.7. The topological polar surface area (TPSA) is 38.8 Å². The van der Waals surface area contributed by atoms with Crippen molar-refractivity contribution in [3.8, 4) is 11.5 Å². The number of rotatable bonds is 5. The number of carbonyl (C=O) groups is 1. The van der Waals surface area contributed by atoms with E-state index in [0.29, 0.717) is 37.9 Å². The number of hydrogen-bond acceptors (Lipinski definition) is 5. The normalized spacial score (nSPS) is 15.6. The van der Waals surface area contributed by atoms with Gasteiger partial charge in [0.25, 0.3) is 5.91 Å². The summed E-state index contributed by atoms with van der Waals surface area (Å²) in [6.45, 7) is 4.36. The largest absolute Gasteiger partial charge is 0.493 e. The third kappa shape index (κ3) is 4.13. The van der Waals surface area contributed by atoms with Crippen LogP contribution in [0.2, 0.25) is 5.02 Å². The zero-order valence-electron chi connectivity index (χ0n) is 15.1. The molecule has 1 aliphatic rings. The van der Waals surface area contributed by atoms with Crippen molar-refractivity contribution in [2.24, 2.45) is 0 Å². The van der Waals surface area contributed by atoms with Gasteiger partial charge in [0.05, 0.1) is 29.3 Å². The molecule has 1 aliphatic heterocycles. The van der Waals surface area contributed by atoms with E-state index in [1.165, 1.54) is 11.8 Å². The van der Waals surface area contributed by atoms with Gasteiger partial charge in [-0.25, -0.2) is 0 Å². The lowest BCUT2D eigenvalue weighted by molar-refractivity contribution is -0.113. The van der Waals surface area contributed by atoms with Crippen molar-refractivity contribution in [1.29, 1.82) is 0 Å². The van der Waals surface area contributed by atoms with Gasteiger partial charge in [0, 0.05) is 6.07 Å². The first-order valence-electron chi connectivity index (χ1n) is 8.29. The van der Waals surface area contributed by atoms with Gasteiger partial charge in [-0.05, 0) is 49.2 Å². The molecule has 1 fully saturated rings. The molecule has 140 valence electrons. The van der Waals surface area contributed by atoms with Crippen LogP contribution in [-0.4, -0.2) is 23.9 Å². The molecule has 0 spiro atoms. The molecule has 1 amide bonds. The quantitative estimate of drug-likeness (QED) is 0.475. The maximum atomic E-state index is 12.9. The molecule has 0 unspecified atom stereocenters. The summed E-state index contributed by atoms with van der Waals surface area (Å²) in [5, 5.41) is 0.472. The van der Waals surface area contributed by atoms with Gasteiger partial charge in [0.2, 0.25) is 0 Å². The molecule has 0 saturated carbocycles. The molecule has 0 atom stereocenters. The molecular weight excluding hydrogens is 402 g/mol. The van der Waals surface area contributed by atoms with Gasteiger partial charge in [-0.15, -0.1) is 0 Å². The molecule has 0 N–H and O–H groups in total. The van der Waals surface area contributed by atoms with E-state index >= 15 is 0 Å². The number of methoxy groups -OCH3 is 1. The molecule has 0 aliphatic carbocycles. The first-order chi connectivity index (χ1) is 12.9. The summed E-state index contributed by atoms with van der Waals surface area (Å²) in [5.41, 5.74) is 2.49. The van der Waals surface area contributed by atoms with Gasteiger partial charge >= 0.3 is 0 Å². The smallest absolute Gasteiger partial charge is 0.270 e. The standard InChI is InChI=1S/C20H18ClNO3S2/c1-4-25-17-11-15(21)13(9-16(17)24-3)10-18-19(23)22(20(26)27-18)14-7-5-6-12(2)8-14/h5-11H,4H2,1-3H3. The zero-order chi connectivity index (χ0) is 19.6. The number of thiocarbonyl (C=S) groups is 1. The van der Waals surface area contributed by atoms with Crippen molar-refractivity contribution in [1.82, 2.24) is 0 Å². The summed E-state index contributed by atoms with van der Waals surface area (Å²) in [6, 6.07) is 11.1. The van der Waals surface area contributed by atoms with Gasteiger partial charge in [0.15, 0.2) is 15.8 Å². The Morgan fingerprint density at radius 3 is 2.70 bits per heavy atom. The van der Waals surface area contributed by atoms with Crippen LogP contribution in [0.4, 0.5) is 5.69 Å². The van der Waals surface area contributed by atoms with Gasteiger partial charge in [-0.3, -0.25) is 9.69 Å². The monoisotopic (exact) mass is 419 g/mol. The molecule has 27 heavy (non-hydrogen) atoms. The van der Waals surface area contributed by atoms with Crippen molar-refractivity contribution >= 4 is 57.6 Å². The minimum Gasteiger partial charge on any atom is -0.493 e. The van der Waals surface area contributed by atoms with E-state index in [0.717, 1.165) is 11.3 Å². The molecule has 3 rings (SSSR count). The highest BCUT2D eigenvalue weighted by Gasteiger charge is 2.33. The summed E-state index contributed by atoms with van der Waals surface area (Å²) < 4.78 is 11.4. The predicted molar refractivity (Wildman–Crippen MR) is 116 cm³/mol. The number of ether oxygens (including phenoxy) is 2. The van der Waals surface area contributed by atoms with Gasteiger partial charge in [0.1, 0.15) is 0 Å². The lowest BCUT2D eigenvalue weighted by Crippen LogP contribution is -2.27. The van der Waals surface area contributed by atoms with E-state index in [2.05, 4.69) is 0 Å². The second kappa shape index (κ2) is 8.33. The molecule has 7 heteroatoms. The van der Waals surface area contributed by atoms with E-state index in [-0.39, 0.29) is 5.91 Å². The summed E-state index contributed by atoms with van der Waals surface area (Å²) in [4.78, 5) is 15.0. The number of amides is 1. The Morgan fingerprint density at radius 2 is 2.04 bits per heavy atom. The molecule has 1 heterocycles. The average Bonchev–Trinajstić information content (AvgIpc) is 2.91. The minimum atomic E-state index is -0.167. The Kier molecular flexibility index (Phi) is 6.09. The number of benzene rings is 2. The number of hydrogen-bond donors (Lipinski definition) is 0. The van der Waals surface area contributed by atoms with Crippen LogP contribution in [0.15, 0.2) is 41.3 Å². The van der Waals surface area contributed by atoms with Crippen LogP contribution in [0.3, 0.4) is 0 Å². The van der Waals surface area contributed by atoms with E-state index in [1.807, 2.05) is 38.1 Å². The minimum absolute atomic E-state index is 0.167. The summed E-state index contributed by atoms with van der Waals surface area (Å²) in [5.74, 6) is 0.954. The third-order valence-electron chi connectivity index (χ3n) is 3.92. The lowest BCUT2D eigenvalue weighted by Gasteiger charge is -2.15. The fraction of sp³-hybridized carbons (Fsp3) is 0.200. The zero-order valence-corrected chi connectivity index (χ0v) is 17.5. The van der Waals surface area contributed by atoms with Gasteiger partial charge in [-0.2, -0.15) is 0 Å². The number of anilines is 1. The molecule has 2 aromatic rings. The number of carbonyl (C=O) groups excluding carboxylic acids is 1. The SMILES string of the molecule is CCOc1cc(Cl)c(C=C2SC(=S)N(c3cccc(C)c3)C2=O)cc1OC. The number of aryl methyl sites for hydroxylation is 1. The summed E-state index contributed by atoms with van der Waals surface area (Å²) >= 11 is 13.1. The Hall–Kier alpha value is -2.02. The van der Waals surface area contributed by atoms with Crippen LogP contribution in [0.5, 0.6) is 11.5 Å². The lowest BCUT2D eigenvalue weighted by atomic mass is 10.1. The van der Waals surface area contributed by atoms with Crippen molar-refractivity contribution < 1.29 is 14.3 Å². The van der Waals surface area contributed by atoms with E-state index < -0.39 is 0 Å². The maximum absolute atomic E-state index is 12.9. The van der Waals surface area contributed by atoms with E-state index in [4.69, 9.17) is 33.3 Å². The molecule has 2 aromatic carbocycles. The second-order valence-corrected chi connectivity index (χ2v) is 7.90. The summed E-state index contributed by atoms with van der Waals surface area (Å²) in [6.07, 6.45) is 1.73. The van der Waals surface area contributed by atoms with Crippen LogP contribution < -0.4 is 14.4 Å². The second-order valence-electron chi connectivity index (χ2n) is 5.81. The van der Waals surface area contributed by atoms with E-state index in [1.54, 1.807) is 30.2 Å². The van der Waals surface area contributed by atoms with Gasteiger partial charge in [-0.1, -0.05) is 47.7 Å². The highest BCUT2D eigenvalue weighted by molar-refractivity contribution is 8.27. The highest BCUT2D eigenvalue weighted by atomic mass is 35.5. The molecule has 1 saturated heterocycles. The molecule has 0 aromatic heterocycles. The Bertz CT molecular complexity index is 943. The highest BCUT2D eigenvalue weighted by Crippen LogP contribution is 2.39. The number of nitrogens with zero attached hydrogens (tertiary/aromatic N) is 1. The van der Waals surface area contributed by atoms with Crippen LogP contribution in [0.1, 0.15) is 18.1 Å². The van der Waals surface area contributed by atoms with Crippen molar-refractivity contribution in [2.75, 3.05) is 18.6 Å².